The first-order chi connectivity index (χ1) is 13.0. The van der Waals surface area contributed by atoms with Crippen molar-refractivity contribution in [2.75, 3.05) is 23.4 Å². The van der Waals surface area contributed by atoms with E-state index in [1.54, 1.807) is 23.1 Å². The molecular formula is C20H17BrN2O4. The molecule has 0 fully saturated rings. The zero-order valence-electron chi connectivity index (χ0n) is 14.8. The molecule has 2 heterocycles. The molecule has 1 N–H and O–H groups in total. The summed E-state index contributed by atoms with van der Waals surface area (Å²) in [6, 6.07) is 10.9. The van der Waals surface area contributed by atoms with Gasteiger partial charge in [0.1, 0.15) is 11.3 Å². The molecule has 0 atom stereocenters. The molecule has 0 unspecified atom stereocenters. The van der Waals surface area contributed by atoms with Crippen molar-refractivity contribution < 1.29 is 18.7 Å². The standard InChI is InChI=1S/C20H17BrN2O4/c1-3-23-15-9-13(5-7-16(15)26-10-18(23)24)22-20(25)19-11(2)14-6-4-12(21)8-17(14)27-19/h4-9H,3,10H2,1-2H3,(H,22,25). The summed E-state index contributed by atoms with van der Waals surface area (Å²) < 4.78 is 12.1. The van der Waals surface area contributed by atoms with Crippen molar-refractivity contribution in [3.63, 3.8) is 0 Å². The molecule has 1 aromatic heterocycles. The van der Waals surface area contributed by atoms with Crippen molar-refractivity contribution in [2.24, 2.45) is 0 Å². The van der Waals surface area contributed by atoms with E-state index in [1.807, 2.05) is 32.0 Å². The first kappa shape index (κ1) is 17.6. The number of nitrogens with one attached hydrogen (secondary N) is 1. The number of furan rings is 1. The van der Waals surface area contributed by atoms with E-state index in [9.17, 15) is 9.59 Å². The fraction of sp³-hybridized carbons (Fsp3) is 0.200. The average Bonchev–Trinajstić information content (AvgIpc) is 2.97. The molecule has 4 rings (SSSR count). The van der Waals surface area contributed by atoms with E-state index in [0.29, 0.717) is 29.3 Å². The summed E-state index contributed by atoms with van der Waals surface area (Å²) in [6.45, 7) is 4.31. The molecule has 27 heavy (non-hydrogen) atoms. The number of rotatable bonds is 3. The second-order valence-corrected chi connectivity index (χ2v) is 7.18. The number of ether oxygens (including phenoxy) is 1. The molecule has 6 nitrogen and oxygen atoms in total. The number of aryl methyl sites for hydroxylation is 1. The van der Waals surface area contributed by atoms with Crippen molar-refractivity contribution in [3.05, 3.63) is 52.2 Å². The largest absolute Gasteiger partial charge is 0.482 e. The van der Waals surface area contributed by atoms with Gasteiger partial charge in [0.15, 0.2) is 12.4 Å². The Kier molecular flexibility index (Phi) is 4.39. The van der Waals surface area contributed by atoms with Gasteiger partial charge < -0.3 is 19.4 Å². The van der Waals surface area contributed by atoms with Gasteiger partial charge in [0.2, 0.25) is 0 Å². The molecule has 2 aromatic carbocycles. The van der Waals surface area contributed by atoms with Crippen LogP contribution in [0.15, 0.2) is 45.3 Å². The number of amides is 2. The Morgan fingerprint density at radius 1 is 1.26 bits per heavy atom. The lowest BCUT2D eigenvalue weighted by atomic mass is 10.1. The first-order valence-electron chi connectivity index (χ1n) is 8.55. The Bertz CT molecular complexity index is 1070. The van der Waals surface area contributed by atoms with Crippen LogP contribution in [0.2, 0.25) is 0 Å². The normalized spacial score (nSPS) is 13.4. The number of hydrogen-bond acceptors (Lipinski definition) is 4. The highest BCUT2D eigenvalue weighted by Crippen LogP contribution is 2.35. The predicted molar refractivity (Wildman–Crippen MR) is 107 cm³/mol. The van der Waals surface area contributed by atoms with Gasteiger partial charge in [-0.25, -0.2) is 0 Å². The Balaban J connectivity index is 1.65. The van der Waals surface area contributed by atoms with Gasteiger partial charge in [0.05, 0.1) is 5.69 Å². The minimum absolute atomic E-state index is 0.0281. The lowest BCUT2D eigenvalue weighted by Gasteiger charge is -2.28. The third-order valence-electron chi connectivity index (χ3n) is 4.58. The average molecular weight is 429 g/mol. The number of carbonyl (C=O) groups excluding carboxylic acids is 2. The molecule has 2 amide bonds. The van der Waals surface area contributed by atoms with Crippen LogP contribution in [0.4, 0.5) is 11.4 Å². The number of carbonyl (C=O) groups is 2. The van der Waals surface area contributed by atoms with Crippen LogP contribution in [0.3, 0.4) is 0 Å². The Labute approximate surface area is 164 Å². The number of hydrogen-bond donors (Lipinski definition) is 1. The molecule has 0 aliphatic carbocycles. The van der Waals surface area contributed by atoms with E-state index < -0.39 is 0 Å². The number of halogens is 1. The quantitative estimate of drug-likeness (QED) is 0.666. The molecule has 138 valence electrons. The predicted octanol–water partition coefficient (Wildman–Crippen LogP) is 4.50. The Morgan fingerprint density at radius 2 is 2.07 bits per heavy atom. The van der Waals surface area contributed by atoms with Crippen molar-refractivity contribution in [1.29, 1.82) is 0 Å². The molecule has 0 saturated carbocycles. The second kappa shape index (κ2) is 6.74. The zero-order valence-corrected chi connectivity index (χ0v) is 16.4. The van der Waals surface area contributed by atoms with Crippen LogP contribution in [-0.4, -0.2) is 25.0 Å². The maximum Gasteiger partial charge on any atom is 0.291 e. The monoisotopic (exact) mass is 428 g/mol. The molecular weight excluding hydrogens is 412 g/mol. The minimum atomic E-state index is -0.342. The van der Waals surface area contributed by atoms with Crippen molar-refractivity contribution in [3.8, 4) is 5.75 Å². The van der Waals surface area contributed by atoms with Gasteiger partial charge in [0, 0.05) is 27.7 Å². The summed E-state index contributed by atoms with van der Waals surface area (Å²) in [5, 5.41) is 3.74. The fourth-order valence-electron chi connectivity index (χ4n) is 3.23. The van der Waals surface area contributed by atoms with E-state index >= 15 is 0 Å². The number of fused-ring (bicyclic) bond motifs is 2. The van der Waals surface area contributed by atoms with Crippen LogP contribution in [-0.2, 0) is 4.79 Å². The highest BCUT2D eigenvalue weighted by molar-refractivity contribution is 9.10. The van der Waals surface area contributed by atoms with Gasteiger partial charge in [-0.15, -0.1) is 0 Å². The SMILES string of the molecule is CCN1C(=O)COc2ccc(NC(=O)c3oc4cc(Br)ccc4c3C)cc21. The van der Waals surface area contributed by atoms with E-state index in [1.165, 1.54) is 0 Å². The Morgan fingerprint density at radius 3 is 2.85 bits per heavy atom. The summed E-state index contributed by atoms with van der Waals surface area (Å²) in [5.74, 6) is 0.442. The highest BCUT2D eigenvalue weighted by Gasteiger charge is 2.25. The number of nitrogens with zero attached hydrogens (tertiary/aromatic N) is 1. The zero-order chi connectivity index (χ0) is 19.1. The third kappa shape index (κ3) is 3.08. The summed E-state index contributed by atoms with van der Waals surface area (Å²) >= 11 is 3.40. The van der Waals surface area contributed by atoms with Crippen LogP contribution in [0.5, 0.6) is 5.75 Å². The van der Waals surface area contributed by atoms with Crippen LogP contribution in [0.25, 0.3) is 11.0 Å². The number of benzene rings is 2. The summed E-state index contributed by atoms with van der Waals surface area (Å²) in [6.07, 6.45) is 0. The molecule has 1 aliphatic rings. The van der Waals surface area contributed by atoms with Crippen LogP contribution < -0.4 is 15.0 Å². The highest BCUT2D eigenvalue weighted by atomic mass is 79.9. The number of anilines is 2. The van der Waals surface area contributed by atoms with Gasteiger partial charge >= 0.3 is 0 Å². The van der Waals surface area contributed by atoms with Crippen molar-refractivity contribution in [2.45, 2.75) is 13.8 Å². The van der Waals surface area contributed by atoms with Crippen LogP contribution in [0.1, 0.15) is 23.0 Å². The van der Waals surface area contributed by atoms with Gasteiger partial charge in [-0.2, -0.15) is 0 Å². The maximum absolute atomic E-state index is 12.7. The molecule has 0 spiro atoms. The maximum atomic E-state index is 12.7. The fourth-order valence-corrected chi connectivity index (χ4v) is 3.57. The van der Waals surface area contributed by atoms with Crippen LogP contribution >= 0.6 is 15.9 Å². The second-order valence-electron chi connectivity index (χ2n) is 6.26. The van der Waals surface area contributed by atoms with E-state index in [-0.39, 0.29) is 24.2 Å². The topological polar surface area (TPSA) is 71.8 Å². The third-order valence-corrected chi connectivity index (χ3v) is 5.08. The van der Waals surface area contributed by atoms with Gasteiger partial charge in [0.25, 0.3) is 11.8 Å². The minimum Gasteiger partial charge on any atom is -0.482 e. The van der Waals surface area contributed by atoms with Gasteiger partial charge in [-0.1, -0.05) is 15.9 Å². The van der Waals surface area contributed by atoms with E-state index in [2.05, 4.69) is 21.2 Å². The molecule has 3 aromatic rings. The number of likely N-dealkylation sites (N-methyl/N-ethyl adjacent to an activating group) is 1. The lowest BCUT2D eigenvalue weighted by Crippen LogP contribution is -2.38. The van der Waals surface area contributed by atoms with Crippen molar-refractivity contribution >= 4 is 50.1 Å². The molecule has 0 radical (unpaired) electrons. The first-order valence-corrected chi connectivity index (χ1v) is 9.34. The van der Waals surface area contributed by atoms with E-state index in [0.717, 1.165) is 15.4 Å². The Hall–Kier alpha value is -2.80. The van der Waals surface area contributed by atoms with Crippen molar-refractivity contribution in [1.82, 2.24) is 0 Å². The molecule has 7 heteroatoms. The van der Waals surface area contributed by atoms with Gasteiger partial charge in [-0.05, 0) is 50.2 Å². The lowest BCUT2D eigenvalue weighted by molar-refractivity contribution is -0.121. The molecule has 0 bridgehead atoms. The summed E-state index contributed by atoms with van der Waals surface area (Å²) in [5.41, 5.74) is 2.64. The molecule has 0 saturated heterocycles. The van der Waals surface area contributed by atoms with E-state index in [4.69, 9.17) is 9.15 Å². The van der Waals surface area contributed by atoms with Gasteiger partial charge in [-0.3, -0.25) is 9.59 Å². The summed E-state index contributed by atoms with van der Waals surface area (Å²) in [4.78, 5) is 26.4. The smallest absolute Gasteiger partial charge is 0.291 e. The van der Waals surface area contributed by atoms with Crippen LogP contribution in [0, 0.1) is 6.92 Å². The molecule has 1 aliphatic heterocycles. The summed E-state index contributed by atoms with van der Waals surface area (Å²) in [7, 11) is 0.